The fourth-order valence-electron chi connectivity index (χ4n) is 1.88. The Morgan fingerprint density at radius 3 is 1.88 bits per heavy atom. The average molecular weight is 343 g/mol. The first-order chi connectivity index (χ1) is 11.1. The zero-order valence-corrected chi connectivity index (χ0v) is 16.3. The molecule has 0 atom stereocenters. The second-order valence-corrected chi connectivity index (χ2v) is 12.3. The maximum absolute atomic E-state index is 12.1. The molecule has 0 unspecified atom stereocenters. The zero-order valence-electron chi connectivity index (χ0n) is 15.3. The Morgan fingerprint density at radius 2 is 1.38 bits per heavy atom. The van der Waals surface area contributed by atoms with E-state index in [1.165, 1.54) is 0 Å². The van der Waals surface area contributed by atoms with Crippen LogP contribution < -0.4 is 9.16 Å². The molecule has 0 radical (unpaired) electrons. The Kier molecular flexibility index (Phi) is 5.18. The minimum absolute atomic E-state index is 0.142. The summed E-state index contributed by atoms with van der Waals surface area (Å²) in [5.74, 6) is 0.980. The fourth-order valence-corrected chi connectivity index (χ4v) is 2.91. The van der Waals surface area contributed by atoms with E-state index in [9.17, 15) is 4.79 Å². The van der Waals surface area contributed by atoms with Gasteiger partial charge in [-0.3, -0.25) is 0 Å². The van der Waals surface area contributed by atoms with Crippen LogP contribution in [0, 0.1) is 6.92 Å². The molecule has 0 fully saturated rings. The minimum atomic E-state index is -1.86. The summed E-state index contributed by atoms with van der Waals surface area (Å²) in [6.45, 7) is 13.0. The number of hydrogen-bond acceptors (Lipinski definition) is 3. The molecule has 3 nitrogen and oxygen atoms in total. The lowest BCUT2D eigenvalue weighted by atomic mass is 10.1. The first-order valence-electron chi connectivity index (χ1n) is 8.16. The number of esters is 1. The topological polar surface area (TPSA) is 35.5 Å². The normalized spacial score (nSPS) is 11.9. The molecule has 0 N–H and O–H groups in total. The summed E-state index contributed by atoms with van der Waals surface area (Å²) in [7, 11) is -1.86. The molecule has 0 spiro atoms. The van der Waals surface area contributed by atoms with Crippen molar-refractivity contribution in [2.24, 2.45) is 0 Å². The lowest BCUT2D eigenvalue weighted by molar-refractivity contribution is 0.0734. The van der Waals surface area contributed by atoms with Crippen LogP contribution in [0.15, 0.2) is 48.5 Å². The molecule has 0 saturated heterocycles. The molecular weight excluding hydrogens is 316 g/mol. The highest BCUT2D eigenvalue weighted by Crippen LogP contribution is 2.37. The van der Waals surface area contributed by atoms with Crippen LogP contribution in [0.3, 0.4) is 0 Å². The number of aryl methyl sites for hydroxylation is 1. The molecule has 2 aromatic rings. The molecule has 0 amide bonds. The molecule has 0 aliphatic rings. The molecule has 0 aromatic heterocycles. The van der Waals surface area contributed by atoms with Gasteiger partial charge < -0.3 is 9.16 Å². The van der Waals surface area contributed by atoms with Gasteiger partial charge in [0, 0.05) is 0 Å². The van der Waals surface area contributed by atoms with Crippen LogP contribution in [0.2, 0.25) is 18.1 Å². The zero-order chi connectivity index (χ0) is 18.0. The molecule has 2 rings (SSSR count). The van der Waals surface area contributed by atoms with Crippen molar-refractivity contribution in [1.82, 2.24) is 0 Å². The molecule has 128 valence electrons. The van der Waals surface area contributed by atoms with Crippen molar-refractivity contribution >= 4 is 14.3 Å². The molecule has 4 heteroatoms. The van der Waals surface area contributed by atoms with Crippen molar-refractivity contribution in [1.29, 1.82) is 0 Å². The van der Waals surface area contributed by atoms with E-state index >= 15 is 0 Å². The Labute approximate surface area is 145 Å². The molecule has 0 heterocycles. The highest BCUT2D eigenvalue weighted by Gasteiger charge is 2.38. The van der Waals surface area contributed by atoms with Gasteiger partial charge in [-0.05, 0) is 61.5 Å². The number of benzene rings is 2. The summed E-state index contributed by atoms with van der Waals surface area (Å²) in [5, 5.41) is 0.142. The van der Waals surface area contributed by atoms with E-state index in [1.54, 1.807) is 24.3 Å². The molecular formula is C20H26O3Si. The van der Waals surface area contributed by atoms with Crippen LogP contribution in [0.4, 0.5) is 0 Å². The van der Waals surface area contributed by atoms with E-state index in [2.05, 4.69) is 33.9 Å². The van der Waals surface area contributed by atoms with Crippen LogP contribution >= 0.6 is 0 Å². The lowest BCUT2D eigenvalue weighted by Crippen LogP contribution is -2.43. The summed E-state index contributed by atoms with van der Waals surface area (Å²) in [6.07, 6.45) is 0. The quantitative estimate of drug-likeness (QED) is 0.412. The molecule has 2 aromatic carbocycles. The summed E-state index contributed by atoms with van der Waals surface area (Å²) in [4.78, 5) is 12.1. The van der Waals surface area contributed by atoms with Gasteiger partial charge in [0.05, 0.1) is 5.56 Å². The van der Waals surface area contributed by atoms with Gasteiger partial charge in [-0.1, -0.05) is 38.5 Å². The predicted octanol–water partition coefficient (Wildman–Crippen LogP) is 5.60. The summed E-state index contributed by atoms with van der Waals surface area (Å²) >= 11 is 0. The van der Waals surface area contributed by atoms with Crippen LogP contribution in [-0.2, 0) is 0 Å². The number of carbonyl (C=O) groups excluding carboxylic acids is 1. The van der Waals surface area contributed by atoms with Crippen LogP contribution in [0.25, 0.3) is 0 Å². The Bertz CT molecular complexity index is 695. The SMILES string of the molecule is Cc1ccc(C(=O)Oc2ccc(O[Si](C)(C)C(C)(C)C)cc2)cc1. The maximum atomic E-state index is 12.1. The Morgan fingerprint density at radius 1 is 0.875 bits per heavy atom. The van der Waals surface area contributed by atoms with Crippen LogP contribution in [0.1, 0.15) is 36.7 Å². The van der Waals surface area contributed by atoms with E-state index in [1.807, 2.05) is 31.2 Å². The van der Waals surface area contributed by atoms with Gasteiger partial charge in [-0.25, -0.2) is 4.79 Å². The Balaban J connectivity index is 2.04. The minimum Gasteiger partial charge on any atom is -0.543 e. The first kappa shape index (κ1) is 18.3. The van der Waals surface area contributed by atoms with E-state index in [0.29, 0.717) is 11.3 Å². The maximum Gasteiger partial charge on any atom is 0.343 e. The van der Waals surface area contributed by atoms with Crippen molar-refractivity contribution in [3.8, 4) is 11.5 Å². The fraction of sp³-hybridized carbons (Fsp3) is 0.350. The van der Waals surface area contributed by atoms with Gasteiger partial charge in [-0.15, -0.1) is 0 Å². The molecule has 0 aliphatic heterocycles. The molecule has 0 bridgehead atoms. The summed E-state index contributed by atoms with van der Waals surface area (Å²) in [5.41, 5.74) is 1.65. The number of ether oxygens (including phenoxy) is 1. The second kappa shape index (κ2) is 6.81. The van der Waals surface area contributed by atoms with Gasteiger partial charge in [0.2, 0.25) is 8.32 Å². The van der Waals surface area contributed by atoms with Gasteiger partial charge >= 0.3 is 5.97 Å². The second-order valence-electron chi connectivity index (χ2n) is 7.59. The molecule has 0 saturated carbocycles. The van der Waals surface area contributed by atoms with Crippen molar-refractivity contribution in [3.63, 3.8) is 0 Å². The third kappa shape index (κ3) is 4.48. The largest absolute Gasteiger partial charge is 0.543 e. The lowest BCUT2D eigenvalue weighted by Gasteiger charge is -2.36. The third-order valence-corrected chi connectivity index (χ3v) is 8.86. The van der Waals surface area contributed by atoms with Crippen molar-refractivity contribution in [2.75, 3.05) is 0 Å². The van der Waals surface area contributed by atoms with E-state index in [-0.39, 0.29) is 11.0 Å². The number of rotatable bonds is 4. The highest BCUT2D eigenvalue weighted by molar-refractivity contribution is 6.74. The van der Waals surface area contributed by atoms with E-state index in [4.69, 9.17) is 9.16 Å². The van der Waals surface area contributed by atoms with Crippen molar-refractivity contribution < 1.29 is 14.0 Å². The first-order valence-corrected chi connectivity index (χ1v) is 11.1. The highest BCUT2D eigenvalue weighted by atomic mass is 28.4. The predicted molar refractivity (Wildman–Crippen MR) is 100 cm³/mol. The Hall–Kier alpha value is -2.07. The van der Waals surface area contributed by atoms with Crippen LogP contribution in [-0.4, -0.2) is 14.3 Å². The van der Waals surface area contributed by atoms with Gasteiger partial charge in [0.1, 0.15) is 11.5 Å². The average Bonchev–Trinajstić information content (AvgIpc) is 2.48. The standard InChI is InChI=1S/C20H26O3Si/c1-15-7-9-16(10-8-15)19(21)22-17-11-13-18(14-12-17)23-24(5,6)20(2,3)4/h7-14H,1-6H3. The summed E-state index contributed by atoms with van der Waals surface area (Å²) in [6, 6.07) is 14.6. The number of carbonyl (C=O) groups is 1. The molecule has 0 aliphatic carbocycles. The van der Waals surface area contributed by atoms with Gasteiger partial charge in [-0.2, -0.15) is 0 Å². The smallest absolute Gasteiger partial charge is 0.343 e. The monoisotopic (exact) mass is 342 g/mol. The van der Waals surface area contributed by atoms with Crippen molar-refractivity contribution in [2.45, 2.75) is 45.8 Å². The van der Waals surface area contributed by atoms with Crippen LogP contribution in [0.5, 0.6) is 11.5 Å². The number of hydrogen-bond donors (Lipinski definition) is 0. The third-order valence-electron chi connectivity index (χ3n) is 4.50. The van der Waals surface area contributed by atoms with Crippen molar-refractivity contribution in [3.05, 3.63) is 59.7 Å². The van der Waals surface area contributed by atoms with E-state index in [0.717, 1.165) is 11.3 Å². The molecule has 24 heavy (non-hydrogen) atoms. The van der Waals surface area contributed by atoms with E-state index < -0.39 is 8.32 Å². The summed E-state index contributed by atoms with van der Waals surface area (Å²) < 4.78 is 11.6. The van der Waals surface area contributed by atoms with Gasteiger partial charge in [0.15, 0.2) is 0 Å². The van der Waals surface area contributed by atoms with Gasteiger partial charge in [0.25, 0.3) is 0 Å².